The number of hydrogen-bond acceptors (Lipinski definition) is 1. The Morgan fingerprint density at radius 2 is 1.27 bits per heavy atom. The molecule has 1 heteroatoms. The standard InChI is InChI=1S/C32H39N/c1-24-11-17-30(18-12-24)33(31-19-13-25(2)14-20-31)32-21-15-27(16-22-32)29-10-6-9-28(23-29)26-7-4-3-5-8-26/h6,9-12,15-18,21-23,25-26,31H,3-5,7-8,13-14,19-20H2,1-2H3. The molecule has 0 N–H and O–H groups in total. The van der Waals surface area contributed by atoms with Gasteiger partial charge < -0.3 is 4.90 Å². The van der Waals surface area contributed by atoms with Crippen LogP contribution in [0.15, 0.2) is 72.8 Å². The molecule has 3 aromatic rings. The Kier molecular flexibility index (Phi) is 6.85. The zero-order valence-electron chi connectivity index (χ0n) is 20.5. The highest BCUT2D eigenvalue weighted by molar-refractivity contribution is 5.71. The van der Waals surface area contributed by atoms with E-state index in [2.05, 4.69) is 91.5 Å². The van der Waals surface area contributed by atoms with Crippen LogP contribution in [0.4, 0.5) is 11.4 Å². The maximum Gasteiger partial charge on any atom is 0.0413 e. The van der Waals surface area contributed by atoms with Gasteiger partial charge in [-0.2, -0.15) is 0 Å². The molecule has 0 atom stereocenters. The van der Waals surface area contributed by atoms with Crippen molar-refractivity contribution < 1.29 is 0 Å². The minimum atomic E-state index is 0.587. The van der Waals surface area contributed by atoms with Crippen LogP contribution in [0.25, 0.3) is 11.1 Å². The van der Waals surface area contributed by atoms with Crippen LogP contribution >= 0.6 is 0 Å². The highest BCUT2D eigenvalue weighted by Gasteiger charge is 2.25. The summed E-state index contributed by atoms with van der Waals surface area (Å²) in [6.07, 6.45) is 12.1. The summed E-state index contributed by atoms with van der Waals surface area (Å²) in [5.41, 5.74) is 8.20. The molecule has 0 bridgehead atoms. The minimum Gasteiger partial charge on any atom is -0.338 e. The van der Waals surface area contributed by atoms with E-state index in [1.54, 1.807) is 0 Å². The molecule has 5 rings (SSSR count). The zero-order valence-corrected chi connectivity index (χ0v) is 20.5. The Hall–Kier alpha value is -2.54. The van der Waals surface area contributed by atoms with Crippen LogP contribution in [0.3, 0.4) is 0 Å². The van der Waals surface area contributed by atoms with E-state index in [-0.39, 0.29) is 0 Å². The zero-order chi connectivity index (χ0) is 22.6. The second kappa shape index (κ2) is 10.2. The van der Waals surface area contributed by atoms with Gasteiger partial charge in [-0.05, 0) is 98.2 Å². The van der Waals surface area contributed by atoms with E-state index < -0.39 is 0 Å². The monoisotopic (exact) mass is 437 g/mol. The Morgan fingerprint density at radius 3 is 1.94 bits per heavy atom. The number of rotatable bonds is 5. The lowest BCUT2D eigenvalue weighted by Crippen LogP contribution is -2.34. The fourth-order valence-electron chi connectivity index (χ4n) is 6.00. The number of anilines is 2. The Labute approximate surface area is 200 Å². The molecule has 33 heavy (non-hydrogen) atoms. The van der Waals surface area contributed by atoms with Crippen molar-refractivity contribution >= 4 is 11.4 Å². The molecule has 2 saturated carbocycles. The average molecular weight is 438 g/mol. The minimum absolute atomic E-state index is 0.587. The summed E-state index contributed by atoms with van der Waals surface area (Å²) in [5, 5.41) is 0. The van der Waals surface area contributed by atoms with E-state index in [1.165, 1.54) is 91.4 Å². The van der Waals surface area contributed by atoms with Crippen LogP contribution in [0.1, 0.15) is 81.8 Å². The van der Waals surface area contributed by atoms with Crippen LogP contribution in [-0.2, 0) is 0 Å². The third-order valence-electron chi connectivity index (χ3n) is 8.10. The smallest absolute Gasteiger partial charge is 0.0413 e. The Morgan fingerprint density at radius 1 is 0.636 bits per heavy atom. The average Bonchev–Trinajstić information content (AvgIpc) is 2.87. The van der Waals surface area contributed by atoms with Gasteiger partial charge in [0, 0.05) is 17.4 Å². The molecule has 3 aromatic carbocycles. The molecule has 0 unspecified atom stereocenters. The first-order valence-electron chi connectivity index (χ1n) is 13.2. The second-order valence-corrected chi connectivity index (χ2v) is 10.6. The number of aryl methyl sites for hydroxylation is 1. The van der Waals surface area contributed by atoms with Crippen LogP contribution in [0, 0.1) is 12.8 Å². The maximum absolute atomic E-state index is 2.60. The summed E-state index contributed by atoms with van der Waals surface area (Å²) in [6.45, 7) is 4.58. The van der Waals surface area contributed by atoms with E-state index in [4.69, 9.17) is 0 Å². The van der Waals surface area contributed by atoms with Gasteiger partial charge in [0.1, 0.15) is 0 Å². The molecule has 0 amide bonds. The third kappa shape index (κ3) is 5.18. The fourth-order valence-corrected chi connectivity index (χ4v) is 6.00. The van der Waals surface area contributed by atoms with Gasteiger partial charge in [-0.3, -0.25) is 0 Å². The van der Waals surface area contributed by atoms with Crippen molar-refractivity contribution in [3.63, 3.8) is 0 Å². The summed E-state index contributed by atoms with van der Waals surface area (Å²) in [4.78, 5) is 2.60. The first kappa shape index (κ1) is 22.3. The van der Waals surface area contributed by atoms with Gasteiger partial charge >= 0.3 is 0 Å². The fraction of sp³-hybridized carbons (Fsp3) is 0.438. The molecule has 0 aromatic heterocycles. The van der Waals surface area contributed by atoms with Gasteiger partial charge in [-0.1, -0.05) is 80.3 Å². The summed E-state index contributed by atoms with van der Waals surface area (Å²) in [7, 11) is 0. The first-order chi connectivity index (χ1) is 16.2. The van der Waals surface area contributed by atoms with E-state index in [9.17, 15) is 0 Å². The molecule has 0 radical (unpaired) electrons. The summed E-state index contributed by atoms with van der Waals surface area (Å²) in [5.74, 6) is 1.61. The lowest BCUT2D eigenvalue weighted by molar-refractivity contribution is 0.345. The lowest BCUT2D eigenvalue weighted by Gasteiger charge is -2.38. The first-order valence-corrected chi connectivity index (χ1v) is 13.2. The summed E-state index contributed by atoms with van der Waals surface area (Å²) in [6, 6.07) is 28.4. The normalized spacial score (nSPS) is 21.6. The van der Waals surface area contributed by atoms with Gasteiger partial charge in [-0.25, -0.2) is 0 Å². The molecular weight excluding hydrogens is 398 g/mol. The van der Waals surface area contributed by atoms with Crippen LogP contribution < -0.4 is 4.90 Å². The van der Waals surface area contributed by atoms with E-state index in [0.717, 1.165) is 11.8 Å². The highest BCUT2D eigenvalue weighted by atomic mass is 15.2. The van der Waals surface area contributed by atoms with Gasteiger partial charge in [-0.15, -0.1) is 0 Å². The molecule has 2 aliphatic rings. The number of benzene rings is 3. The molecule has 2 fully saturated rings. The van der Waals surface area contributed by atoms with E-state index >= 15 is 0 Å². The lowest BCUT2D eigenvalue weighted by atomic mass is 9.83. The molecule has 0 saturated heterocycles. The van der Waals surface area contributed by atoms with Gasteiger partial charge in [0.15, 0.2) is 0 Å². The third-order valence-corrected chi connectivity index (χ3v) is 8.10. The number of nitrogens with zero attached hydrogens (tertiary/aromatic N) is 1. The predicted molar refractivity (Wildman–Crippen MR) is 142 cm³/mol. The van der Waals surface area contributed by atoms with E-state index in [0.29, 0.717) is 6.04 Å². The van der Waals surface area contributed by atoms with E-state index in [1.807, 2.05) is 0 Å². The maximum atomic E-state index is 2.60. The van der Waals surface area contributed by atoms with Gasteiger partial charge in [0.05, 0.1) is 0 Å². The van der Waals surface area contributed by atoms with Crippen molar-refractivity contribution in [3.05, 3.63) is 83.9 Å². The van der Waals surface area contributed by atoms with Crippen molar-refractivity contribution in [2.24, 2.45) is 5.92 Å². The highest BCUT2D eigenvalue weighted by Crippen LogP contribution is 2.38. The van der Waals surface area contributed by atoms with Crippen molar-refractivity contribution in [1.82, 2.24) is 0 Å². The predicted octanol–water partition coefficient (Wildman–Crippen LogP) is 9.43. The molecule has 0 heterocycles. The van der Waals surface area contributed by atoms with Gasteiger partial charge in [0.25, 0.3) is 0 Å². The second-order valence-electron chi connectivity index (χ2n) is 10.6. The largest absolute Gasteiger partial charge is 0.338 e. The molecule has 172 valence electrons. The summed E-state index contributed by atoms with van der Waals surface area (Å²) >= 11 is 0. The van der Waals surface area contributed by atoms with Crippen LogP contribution in [0.5, 0.6) is 0 Å². The quantitative estimate of drug-likeness (QED) is 0.384. The van der Waals surface area contributed by atoms with Gasteiger partial charge in [0.2, 0.25) is 0 Å². The number of hydrogen-bond donors (Lipinski definition) is 0. The van der Waals surface area contributed by atoms with Crippen molar-refractivity contribution in [2.75, 3.05) is 4.90 Å². The van der Waals surface area contributed by atoms with Crippen molar-refractivity contribution in [2.45, 2.75) is 83.6 Å². The Bertz CT molecular complexity index is 1020. The molecule has 1 nitrogen and oxygen atoms in total. The summed E-state index contributed by atoms with van der Waals surface area (Å²) < 4.78 is 0. The topological polar surface area (TPSA) is 3.24 Å². The molecule has 2 aliphatic carbocycles. The van der Waals surface area contributed by atoms with Crippen LogP contribution in [-0.4, -0.2) is 6.04 Å². The van der Waals surface area contributed by atoms with Crippen molar-refractivity contribution in [1.29, 1.82) is 0 Å². The molecular formula is C32H39N. The SMILES string of the molecule is Cc1ccc(N(c2ccc(-c3cccc(C4CCCCC4)c3)cc2)C2CCC(C)CC2)cc1. The van der Waals surface area contributed by atoms with Crippen LogP contribution in [0.2, 0.25) is 0 Å². The molecule has 0 aliphatic heterocycles. The Balaban J connectivity index is 1.41. The molecule has 0 spiro atoms. The van der Waals surface area contributed by atoms with Crippen molar-refractivity contribution in [3.8, 4) is 11.1 Å².